The Kier molecular flexibility index (Phi) is 4.27. The molecule has 5 nitrogen and oxygen atoms in total. The Balaban J connectivity index is 2.33. The van der Waals surface area contributed by atoms with Crippen LogP contribution in [0, 0.1) is 0 Å². The molecule has 102 valence electrons. The Hall–Kier alpha value is -0.920. The summed E-state index contributed by atoms with van der Waals surface area (Å²) in [4.78, 5) is 24.7. The van der Waals surface area contributed by atoms with Gasteiger partial charge >= 0.3 is 5.97 Å². The maximum Gasteiger partial charge on any atom is 0.326 e. The number of aliphatic hydroxyl groups excluding tert-OH is 1. The number of carboxylic acid groups (broad SMARTS) is 1. The lowest BCUT2D eigenvalue weighted by molar-refractivity contribution is -0.141. The summed E-state index contributed by atoms with van der Waals surface area (Å²) in [5.41, 5.74) is 0.370. The zero-order valence-corrected chi connectivity index (χ0v) is 12.9. The van der Waals surface area contributed by atoms with E-state index >= 15 is 0 Å². The summed E-state index contributed by atoms with van der Waals surface area (Å²) in [7, 11) is 0. The van der Waals surface area contributed by atoms with Gasteiger partial charge in [0.15, 0.2) is 0 Å². The van der Waals surface area contributed by atoms with Crippen molar-refractivity contribution in [1.82, 2.24) is 4.90 Å². The average Bonchev–Trinajstić information content (AvgIpc) is 2.74. The second-order valence-corrected chi connectivity index (χ2v) is 6.10. The van der Waals surface area contributed by atoms with Crippen LogP contribution >= 0.6 is 31.9 Å². The molecular formula is C12H11Br2NO4. The van der Waals surface area contributed by atoms with E-state index in [1.165, 1.54) is 4.90 Å². The van der Waals surface area contributed by atoms with E-state index in [0.717, 1.165) is 4.47 Å². The van der Waals surface area contributed by atoms with Gasteiger partial charge in [-0.2, -0.15) is 0 Å². The molecule has 7 heteroatoms. The molecule has 1 amide bonds. The van der Waals surface area contributed by atoms with E-state index < -0.39 is 24.0 Å². The van der Waals surface area contributed by atoms with Gasteiger partial charge in [-0.15, -0.1) is 0 Å². The minimum atomic E-state index is -1.10. The zero-order chi connectivity index (χ0) is 14.2. The number of carboxylic acids is 1. The van der Waals surface area contributed by atoms with Crippen molar-refractivity contribution >= 4 is 43.7 Å². The van der Waals surface area contributed by atoms with Crippen molar-refractivity contribution in [2.24, 2.45) is 0 Å². The molecule has 2 N–H and O–H groups in total. The van der Waals surface area contributed by atoms with Gasteiger partial charge in [-0.1, -0.05) is 15.9 Å². The Morgan fingerprint density at radius 2 is 2.00 bits per heavy atom. The van der Waals surface area contributed by atoms with Crippen molar-refractivity contribution in [3.63, 3.8) is 0 Å². The number of amides is 1. The third-order valence-corrected chi connectivity index (χ3v) is 4.17. The highest BCUT2D eigenvalue weighted by Gasteiger charge is 2.39. The van der Waals surface area contributed by atoms with Crippen molar-refractivity contribution in [3.05, 3.63) is 32.7 Å². The topological polar surface area (TPSA) is 77.8 Å². The van der Waals surface area contributed by atoms with E-state index in [9.17, 15) is 14.7 Å². The Morgan fingerprint density at radius 3 is 2.63 bits per heavy atom. The number of benzene rings is 1. The number of rotatable bonds is 2. The Morgan fingerprint density at radius 1 is 1.32 bits per heavy atom. The predicted molar refractivity (Wildman–Crippen MR) is 74.9 cm³/mol. The molecule has 0 radical (unpaired) electrons. The highest BCUT2D eigenvalue weighted by Crippen LogP contribution is 2.26. The summed E-state index contributed by atoms with van der Waals surface area (Å²) in [5.74, 6) is -1.51. The van der Waals surface area contributed by atoms with Gasteiger partial charge in [-0.3, -0.25) is 4.79 Å². The number of hydrogen-bond donors (Lipinski definition) is 2. The number of aliphatic carboxylic acids is 1. The fourth-order valence-corrected chi connectivity index (χ4v) is 2.87. The minimum absolute atomic E-state index is 0.0365. The van der Waals surface area contributed by atoms with Crippen molar-refractivity contribution in [2.75, 3.05) is 6.54 Å². The minimum Gasteiger partial charge on any atom is -0.480 e. The molecule has 2 rings (SSSR count). The molecule has 0 aliphatic carbocycles. The van der Waals surface area contributed by atoms with Crippen LogP contribution in [0.25, 0.3) is 0 Å². The molecule has 1 aromatic carbocycles. The van der Waals surface area contributed by atoms with E-state index in [-0.39, 0.29) is 13.0 Å². The molecule has 0 saturated carbocycles. The third kappa shape index (κ3) is 2.98. The standard InChI is InChI=1S/C12H11Br2NO4/c13-6-1-2-9(14)8(3-6)11(17)15-5-7(16)4-10(15)12(18)19/h1-3,7,10,16H,4-5H2,(H,18,19)/t7-,10+/m1/s1. The summed E-state index contributed by atoms with van der Waals surface area (Å²) in [5, 5.41) is 18.7. The molecule has 1 aromatic rings. The van der Waals surface area contributed by atoms with Gasteiger partial charge in [0.2, 0.25) is 0 Å². The van der Waals surface area contributed by atoms with Crippen LogP contribution in [0.5, 0.6) is 0 Å². The monoisotopic (exact) mass is 391 g/mol. The van der Waals surface area contributed by atoms with Crippen LogP contribution in [0.1, 0.15) is 16.8 Å². The van der Waals surface area contributed by atoms with Crippen molar-refractivity contribution < 1.29 is 19.8 Å². The lowest BCUT2D eigenvalue weighted by atomic mass is 10.1. The first-order valence-electron chi connectivity index (χ1n) is 5.57. The number of β-amino-alcohol motifs (C(OH)–C–C–N with tert-alkyl or cyclic N) is 1. The van der Waals surface area contributed by atoms with Gasteiger partial charge in [0, 0.05) is 21.9 Å². The summed E-state index contributed by atoms with van der Waals surface area (Å²) >= 11 is 6.54. The van der Waals surface area contributed by atoms with E-state index in [0.29, 0.717) is 10.0 Å². The number of likely N-dealkylation sites (tertiary alicyclic amines) is 1. The highest BCUT2D eigenvalue weighted by atomic mass is 79.9. The van der Waals surface area contributed by atoms with Crippen molar-refractivity contribution in [1.29, 1.82) is 0 Å². The quantitative estimate of drug-likeness (QED) is 0.805. The van der Waals surface area contributed by atoms with Crippen LogP contribution < -0.4 is 0 Å². The lowest BCUT2D eigenvalue weighted by Crippen LogP contribution is -2.40. The van der Waals surface area contributed by atoms with Gasteiger partial charge in [-0.05, 0) is 34.1 Å². The second kappa shape index (κ2) is 5.60. The fourth-order valence-electron chi connectivity index (χ4n) is 2.09. The largest absolute Gasteiger partial charge is 0.480 e. The first-order chi connectivity index (χ1) is 8.90. The molecule has 1 aliphatic heterocycles. The first kappa shape index (κ1) is 14.5. The summed E-state index contributed by atoms with van der Waals surface area (Å²) in [6, 6.07) is 4.12. The smallest absolute Gasteiger partial charge is 0.326 e. The molecule has 1 fully saturated rings. The van der Waals surface area contributed by atoms with Gasteiger partial charge < -0.3 is 15.1 Å². The number of aliphatic hydroxyl groups is 1. The molecule has 1 saturated heterocycles. The van der Waals surface area contributed by atoms with Gasteiger partial charge in [0.05, 0.1) is 11.7 Å². The molecule has 1 heterocycles. The molecule has 0 spiro atoms. The maximum absolute atomic E-state index is 12.4. The van der Waals surface area contributed by atoms with Crippen LogP contribution in [0.4, 0.5) is 0 Å². The van der Waals surface area contributed by atoms with E-state index in [4.69, 9.17) is 5.11 Å². The molecule has 0 bridgehead atoms. The predicted octanol–water partition coefficient (Wildman–Crippen LogP) is 1.87. The average molecular weight is 393 g/mol. The SMILES string of the molecule is O=C(O)[C@@H]1C[C@@H](O)CN1C(=O)c1cc(Br)ccc1Br. The summed E-state index contributed by atoms with van der Waals surface area (Å²) < 4.78 is 1.32. The molecule has 0 unspecified atom stereocenters. The maximum atomic E-state index is 12.4. The van der Waals surface area contributed by atoms with Gasteiger partial charge in [0.1, 0.15) is 6.04 Å². The Labute approximate surface area is 126 Å². The van der Waals surface area contributed by atoms with Gasteiger partial charge in [0.25, 0.3) is 5.91 Å². The number of halogens is 2. The highest BCUT2D eigenvalue weighted by molar-refractivity contribution is 9.11. The van der Waals surface area contributed by atoms with Gasteiger partial charge in [-0.25, -0.2) is 4.79 Å². The normalized spacial score (nSPS) is 22.6. The van der Waals surface area contributed by atoms with Crippen LogP contribution in [0.3, 0.4) is 0 Å². The van der Waals surface area contributed by atoms with E-state index in [2.05, 4.69) is 31.9 Å². The number of carbonyl (C=O) groups excluding carboxylic acids is 1. The first-order valence-corrected chi connectivity index (χ1v) is 7.15. The number of nitrogens with zero attached hydrogens (tertiary/aromatic N) is 1. The number of hydrogen-bond acceptors (Lipinski definition) is 3. The van der Waals surface area contributed by atoms with Crippen molar-refractivity contribution in [3.8, 4) is 0 Å². The lowest BCUT2D eigenvalue weighted by Gasteiger charge is -2.21. The molecule has 1 aliphatic rings. The van der Waals surface area contributed by atoms with Crippen LogP contribution in [-0.2, 0) is 4.79 Å². The summed E-state index contributed by atoms with van der Waals surface area (Å²) in [6.45, 7) is 0.0365. The molecular weight excluding hydrogens is 382 g/mol. The van der Waals surface area contributed by atoms with Crippen molar-refractivity contribution in [2.45, 2.75) is 18.6 Å². The Bertz CT molecular complexity index is 534. The van der Waals surface area contributed by atoms with Crippen LogP contribution in [-0.4, -0.2) is 45.7 Å². The zero-order valence-electron chi connectivity index (χ0n) is 9.72. The molecule has 19 heavy (non-hydrogen) atoms. The molecule has 2 atom stereocenters. The summed E-state index contributed by atoms with van der Waals surface area (Å²) in [6.07, 6.45) is -0.733. The third-order valence-electron chi connectivity index (χ3n) is 2.98. The van der Waals surface area contributed by atoms with E-state index in [1.807, 2.05) is 0 Å². The van der Waals surface area contributed by atoms with E-state index in [1.54, 1.807) is 18.2 Å². The fraction of sp³-hybridized carbons (Fsp3) is 0.333. The second-order valence-electron chi connectivity index (χ2n) is 4.33. The number of carbonyl (C=O) groups is 2. The van der Waals surface area contributed by atoms with Crippen LogP contribution in [0.15, 0.2) is 27.1 Å². The van der Waals surface area contributed by atoms with Crippen LogP contribution in [0.2, 0.25) is 0 Å². The molecule has 0 aromatic heterocycles.